The number of amides is 2. The number of carbonyl (C=O) groups excluding carboxylic acids is 2. The highest BCUT2D eigenvalue weighted by atomic mass is 35.5. The van der Waals surface area contributed by atoms with Gasteiger partial charge in [-0.1, -0.05) is 23.2 Å². The average molecular weight is 549 g/mol. The van der Waals surface area contributed by atoms with Crippen LogP contribution in [0.2, 0.25) is 20.9 Å². The summed E-state index contributed by atoms with van der Waals surface area (Å²) in [7, 11) is 1.51. The van der Waals surface area contributed by atoms with Crippen LogP contribution in [0, 0.1) is 6.92 Å². The maximum absolute atomic E-state index is 10.5. The van der Waals surface area contributed by atoms with E-state index >= 15 is 0 Å². The molecule has 14 heteroatoms. The molecular formula is C20H21Cl4N7O3. The second-order valence-corrected chi connectivity index (χ2v) is 8.05. The molecule has 0 saturated carbocycles. The number of aliphatic hydroxyl groups excluding tert-OH is 1. The molecule has 1 aliphatic heterocycles. The molecule has 34 heavy (non-hydrogen) atoms. The van der Waals surface area contributed by atoms with Crippen molar-refractivity contribution in [1.82, 2.24) is 34.8 Å². The lowest BCUT2D eigenvalue weighted by Crippen LogP contribution is -2.23. The molecule has 4 aromatic heterocycles. The largest absolute Gasteiger partial charge is 0.397 e. The number of hydrogen-bond acceptors (Lipinski definition) is 7. The summed E-state index contributed by atoms with van der Waals surface area (Å²) in [6.45, 7) is 3.86. The number of rotatable bonds is 0. The van der Waals surface area contributed by atoms with Gasteiger partial charge in [0, 0.05) is 38.9 Å². The fourth-order valence-electron chi connectivity index (χ4n) is 2.64. The number of nitrogens with zero attached hydrogens (tertiary/aromatic N) is 5. The molecule has 5 rings (SSSR count). The number of likely N-dealkylation sites (tertiary alicyclic amines) is 1. The van der Waals surface area contributed by atoms with Crippen LogP contribution >= 0.6 is 46.4 Å². The van der Waals surface area contributed by atoms with E-state index < -0.39 is 0 Å². The van der Waals surface area contributed by atoms with Gasteiger partial charge < -0.3 is 15.1 Å². The Balaban J connectivity index is 0.000000173. The molecule has 5 heterocycles. The maximum atomic E-state index is 10.5. The standard InChI is InChI=1S/C7H5Cl2N3.C6H3Cl2N3.C5H7NO2.C2H6O/c1-3-2-10-5-4(3)11-7(9)12-6(5)8;7-5-4-3(1-2-9-4)10-6(8)11-5;1-6-4(7)2-3-5(6)8;1-2-3/h2,10H,1H3;1-2,9H;2-3H2,1H3;3H,2H2,1H3. The summed E-state index contributed by atoms with van der Waals surface area (Å²) < 4.78 is 0. The number of aromatic nitrogens is 6. The Hall–Kier alpha value is -2.50. The van der Waals surface area contributed by atoms with Gasteiger partial charge in [0.25, 0.3) is 0 Å². The van der Waals surface area contributed by atoms with Gasteiger partial charge in [0.15, 0.2) is 10.3 Å². The van der Waals surface area contributed by atoms with Crippen molar-refractivity contribution in [3.63, 3.8) is 0 Å². The number of aromatic amines is 2. The number of H-pyrrole nitrogens is 2. The van der Waals surface area contributed by atoms with E-state index in [0.29, 0.717) is 23.1 Å². The Kier molecular flexibility index (Phi) is 10.5. The quantitative estimate of drug-likeness (QED) is 0.165. The summed E-state index contributed by atoms with van der Waals surface area (Å²) in [5.74, 6) is -0.120. The molecule has 182 valence electrons. The molecule has 0 spiro atoms. The van der Waals surface area contributed by atoms with Crippen molar-refractivity contribution in [3.05, 3.63) is 44.9 Å². The van der Waals surface area contributed by atoms with E-state index in [-0.39, 0.29) is 29.0 Å². The van der Waals surface area contributed by atoms with Crippen LogP contribution in [0.5, 0.6) is 0 Å². The van der Waals surface area contributed by atoms with Gasteiger partial charge in [0.05, 0.1) is 11.0 Å². The predicted octanol–water partition coefficient (Wildman–Crippen LogP) is 4.60. The Morgan fingerprint density at radius 1 is 0.941 bits per heavy atom. The molecule has 3 N–H and O–H groups in total. The predicted molar refractivity (Wildman–Crippen MR) is 132 cm³/mol. The molecule has 0 atom stereocenters. The summed E-state index contributed by atoms with van der Waals surface area (Å²) >= 11 is 22.7. The highest BCUT2D eigenvalue weighted by molar-refractivity contribution is 6.36. The van der Waals surface area contributed by atoms with Gasteiger partial charge in [-0.25, -0.2) is 19.9 Å². The zero-order valence-corrected chi connectivity index (χ0v) is 21.4. The van der Waals surface area contributed by atoms with Crippen molar-refractivity contribution >= 4 is 80.3 Å². The molecule has 0 aromatic carbocycles. The van der Waals surface area contributed by atoms with Gasteiger partial charge in [-0.3, -0.25) is 14.5 Å². The molecular weight excluding hydrogens is 528 g/mol. The highest BCUT2D eigenvalue weighted by Gasteiger charge is 2.24. The molecule has 10 nitrogen and oxygen atoms in total. The van der Waals surface area contributed by atoms with Crippen molar-refractivity contribution in [2.24, 2.45) is 0 Å². The topological polar surface area (TPSA) is 141 Å². The molecule has 1 fully saturated rings. The molecule has 0 radical (unpaired) electrons. The van der Waals surface area contributed by atoms with E-state index in [0.717, 1.165) is 27.6 Å². The van der Waals surface area contributed by atoms with Crippen LogP contribution in [0.3, 0.4) is 0 Å². The SMILES string of the molecule is CCO.CN1C(=O)CCC1=O.Cc1c[nH]c2c(Cl)nc(Cl)nc12.Clc1nc(Cl)c2[nH]ccc2n1. The number of nitrogens with one attached hydrogen (secondary N) is 2. The van der Waals surface area contributed by atoms with Gasteiger partial charge in [-0.15, -0.1) is 0 Å². The summed E-state index contributed by atoms with van der Waals surface area (Å²) in [6.07, 6.45) is 4.35. The number of fused-ring (bicyclic) bond motifs is 2. The smallest absolute Gasteiger partial charge is 0.229 e. The van der Waals surface area contributed by atoms with E-state index in [1.807, 2.05) is 13.1 Å². The third-order valence-corrected chi connectivity index (χ3v) is 5.16. The van der Waals surface area contributed by atoms with E-state index in [4.69, 9.17) is 51.5 Å². The van der Waals surface area contributed by atoms with Gasteiger partial charge >= 0.3 is 0 Å². The fourth-order valence-corrected chi connectivity index (χ4v) is 3.53. The molecule has 2 amide bonds. The third kappa shape index (κ3) is 7.25. The van der Waals surface area contributed by atoms with Crippen LogP contribution in [0.1, 0.15) is 25.3 Å². The minimum atomic E-state index is -0.0602. The highest BCUT2D eigenvalue weighted by Crippen LogP contribution is 2.23. The van der Waals surface area contributed by atoms with Crippen molar-refractivity contribution in [1.29, 1.82) is 0 Å². The monoisotopic (exact) mass is 547 g/mol. The van der Waals surface area contributed by atoms with Gasteiger partial charge in [-0.05, 0) is 48.7 Å². The first kappa shape index (κ1) is 27.7. The normalized spacial score (nSPS) is 12.6. The molecule has 0 unspecified atom stereocenters. The van der Waals surface area contributed by atoms with Crippen molar-refractivity contribution in [3.8, 4) is 0 Å². The van der Waals surface area contributed by atoms with Crippen LogP contribution in [-0.2, 0) is 9.59 Å². The summed E-state index contributed by atoms with van der Waals surface area (Å²) in [4.78, 5) is 43.5. The Labute approximate surface area is 214 Å². The second-order valence-electron chi connectivity index (χ2n) is 6.66. The summed E-state index contributed by atoms with van der Waals surface area (Å²) in [5.41, 5.74) is 3.97. The number of imide groups is 1. The van der Waals surface area contributed by atoms with Crippen LogP contribution in [-0.4, -0.2) is 65.4 Å². The molecule has 0 aliphatic carbocycles. The summed E-state index contributed by atoms with van der Waals surface area (Å²) in [5, 5.41) is 8.63. The van der Waals surface area contributed by atoms with Crippen LogP contribution in [0.15, 0.2) is 18.5 Å². The summed E-state index contributed by atoms with van der Waals surface area (Å²) in [6, 6.07) is 1.79. The van der Waals surface area contributed by atoms with Crippen molar-refractivity contribution < 1.29 is 14.7 Å². The van der Waals surface area contributed by atoms with Crippen molar-refractivity contribution in [2.75, 3.05) is 13.7 Å². The minimum Gasteiger partial charge on any atom is -0.397 e. The Bertz CT molecular complexity index is 1280. The lowest BCUT2D eigenvalue weighted by Gasteiger charge is -2.01. The van der Waals surface area contributed by atoms with Crippen molar-refractivity contribution in [2.45, 2.75) is 26.7 Å². The number of aliphatic hydroxyl groups is 1. The van der Waals surface area contributed by atoms with Crippen LogP contribution < -0.4 is 0 Å². The van der Waals surface area contributed by atoms with Gasteiger partial charge in [0.2, 0.25) is 22.4 Å². The van der Waals surface area contributed by atoms with E-state index in [1.54, 1.807) is 19.2 Å². The Morgan fingerprint density at radius 3 is 2.00 bits per heavy atom. The number of aryl methyl sites for hydroxylation is 1. The zero-order valence-electron chi connectivity index (χ0n) is 18.4. The number of halogens is 4. The molecule has 0 bridgehead atoms. The zero-order chi connectivity index (χ0) is 25.4. The fraction of sp³-hybridized carbons (Fsp3) is 0.300. The van der Waals surface area contributed by atoms with Crippen LogP contribution in [0.25, 0.3) is 22.1 Å². The lowest BCUT2D eigenvalue weighted by molar-refractivity contribution is -0.136. The molecule has 1 aliphatic rings. The van der Waals surface area contributed by atoms with Gasteiger partial charge in [-0.2, -0.15) is 0 Å². The lowest BCUT2D eigenvalue weighted by atomic mass is 10.3. The first-order valence-corrected chi connectivity index (χ1v) is 11.3. The van der Waals surface area contributed by atoms with E-state index in [1.165, 1.54) is 11.9 Å². The Morgan fingerprint density at radius 2 is 1.47 bits per heavy atom. The van der Waals surface area contributed by atoms with E-state index in [9.17, 15) is 9.59 Å². The molecule has 1 saturated heterocycles. The second kappa shape index (κ2) is 12.8. The maximum Gasteiger partial charge on any atom is 0.229 e. The van der Waals surface area contributed by atoms with Crippen LogP contribution in [0.4, 0.5) is 0 Å². The first-order valence-electron chi connectivity index (χ1n) is 9.82. The third-order valence-electron chi connectivity index (χ3n) is 4.28. The first-order chi connectivity index (χ1) is 16.1. The van der Waals surface area contributed by atoms with E-state index in [2.05, 4.69) is 29.9 Å². The van der Waals surface area contributed by atoms with Gasteiger partial charge in [0.1, 0.15) is 11.0 Å². The number of hydrogen-bond donors (Lipinski definition) is 3. The molecule has 4 aromatic rings. The average Bonchev–Trinajstić information content (AvgIpc) is 3.46. The number of carbonyl (C=O) groups is 2. The minimum absolute atomic E-state index is 0.0602.